The summed E-state index contributed by atoms with van der Waals surface area (Å²) in [5.74, 6) is -0.975. The van der Waals surface area contributed by atoms with Crippen molar-refractivity contribution in [2.24, 2.45) is 0 Å². The lowest BCUT2D eigenvalue weighted by Crippen LogP contribution is -2.31. The molecule has 1 amide bonds. The topological polar surface area (TPSA) is 46.6 Å². The van der Waals surface area contributed by atoms with E-state index in [1.807, 2.05) is 6.07 Å². The maximum absolute atomic E-state index is 12.3. The van der Waals surface area contributed by atoms with Crippen molar-refractivity contribution in [3.8, 4) is 0 Å². The highest BCUT2D eigenvalue weighted by Gasteiger charge is 2.27. The second-order valence-corrected chi connectivity index (χ2v) is 5.87. The normalized spacial score (nSPS) is 11.7. The minimum atomic E-state index is -1.02. The highest BCUT2D eigenvalue weighted by Crippen LogP contribution is 2.25. The van der Waals surface area contributed by atoms with Crippen molar-refractivity contribution in [2.75, 3.05) is 14.1 Å². The van der Waals surface area contributed by atoms with Crippen molar-refractivity contribution in [1.29, 1.82) is 0 Å². The van der Waals surface area contributed by atoms with Gasteiger partial charge in [-0.15, -0.1) is 0 Å². The number of nitrogens with zero attached hydrogens (tertiary/aromatic N) is 1. The highest BCUT2D eigenvalue weighted by molar-refractivity contribution is 6.42. The van der Waals surface area contributed by atoms with Crippen LogP contribution >= 0.6 is 23.2 Å². The number of esters is 1. The van der Waals surface area contributed by atoms with Crippen molar-refractivity contribution in [3.63, 3.8) is 0 Å². The molecule has 0 unspecified atom stereocenters. The van der Waals surface area contributed by atoms with Crippen LogP contribution in [0.15, 0.2) is 48.5 Å². The van der Waals surface area contributed by atoms with Gasteiger partial charge in [-0.05, 0) is 18.2 Å². The van der Waals surface area contributed by atoms with Gasteiger partial charge < -0.3 is 9.64 Å². The maximum atomic E-state index is 12.3. The van der Waals surface area contributed by atoms with E-state index in [0.717, 1.165) is 0 Å². The van der Waals surface area contributed by atoms with Crippen LogP contribution in [-0.2, 0) is 9.53 Å². The first-order valence-electron chi connectivity index (χ1n) is 6.82. The molecule has 0 saturated heterocycles. The van der Waals surface area contributed by atoms with Gasteiger partial charge in [0.05, 0.1) is 15.6 Å². The zero-order valence-corrected chi connectivity index (χ0v) is 14.1. The van der Waals surface area contributed by atoms with E-state index in [9.17, 15) is 9.59 Å². The van der Waals surface area contributed by atoms with E-state index in [1.54, 1.807) is 38.4 Å². The number of carbonyl (C=O) groups is 2. The third-order valence-corrected chi connectivity index (χ3v) is 3.89. The Morgan fingerprint density at radius 2 is 1.65 bits per heavy atom. The molecule has 2 aromatic rings. The molecule has 6 heteroatoms. The Labute approximate surface area is 144 Å². The molecule has 2 aromatic carbocycles. The summed E-state index contributed by atoms with van der Waals surface area (Å²) >= 11 is 11.7. The number of hydrogen-bond donors (Lipinski definition) is 0. The predicted molar refractivity (Wildman–Crippen MR) is 89.8 cm³/mol. The average molecular weight is 352 g/mol. The predicted octanol–water partition coefficient (Wildman–Crippen LogP) is 3.98. The van der Waals surface area contributed by atoms with Gasteiger partial charge in [-0.3, -0.25) is 4.79 Å². The number of carbonyl (C=O) groups excluding carboxylic acids is 2. The van der Waals surface area contributed by atoms with E-state index < -0.39 is 12.1 Å². The van der Waals surface area contributed by atoms with Gasteiger partial charge in [0.1, 0.15) is 0 Å². The second kappa shape index (κ2) is 7.49. The number of hydrogen-bond acceptors (Lipinski definition) is 3. The van der Waals surface area contributed by atoms with Gasteiger partial charge >= 0.3 is 5.97 Å². The Morgan fingerprint density at radius 3 is 2.22 bits per heavy atom. The standard InChI is InChI=1S/C17H15Cl2NO3/c1-20(2)16(21)15(11-6-4-3-5-7-11)23-17(22)12-8-9-13(18)14(19)10-12/h3-10,15H,1-2H3/t15-/m1/s1. The molecule has 0 spiro atoms. The van der Waals surface area contributed by atoms with Crippen LogP contribution < -0.4 is 0 Å². The molecule has 0 heterocycles. The molecule has 23 heavy (non-hydrogen) atoms. The molecule has 0 bridgehead atoms. The minimum Gasteiger partial charge on any atom is -0.444 e. The molecular formula is C17H15Cl2NO3. The fourth-order valence-corrected chi connectivity index (χ4v) is 2.22. The third-order valence-electron chi connectivity index (χ3n) is 3.15. The van der Waals surface area contributed by atoms with Gasteiger partial charge in [-0.25, -0.2) is 4.79 Å². The lowest BCUT2D eigenvalue weighted by Gasteiger charge is -2.21. The Bertz CT molecular complexity index is 717. The van der Waals surface area contributed by atoms with Crippen LogP contribution in [0.3, 0.4) is 0 Å². The van der Waals surface area contributed by atoms with Gasteiger partial charge in [-0.1, -0.05) is 53.5 Å². The molecule has 0 saturated carbocycles. The van der Waals surface area contributed by atoms with Crippen LogP contribution in [0.5, 0.6) is 0 Å². The Balaban J connectivity index is 2.28. The smallest absolute Gasteiger partial charge is 0.339 e. The molecule has 4 nitrogen and oxygen atoms in total. The van der Waals surface area contributed by atoms with Gasteiger partial charge in [-0.2, -0.15) is 0 Å². The summed E-state index contributed by atoms with van der Waals surface area (Å²) in [7, 11) is 3.20. The molecule has 0 radical (unpaired) electrons. The molecule has 0 N–H and O–H groups in total. The summed E-state index contributed by atoms with van der Waals surface area (Å²) in [6.45, 7) is 0. The van der Waals surface area contributed by atoms with E-state index in [-0.39, 0.29) is 16.5 Å². The van der Waals surface area contributed by atoms with E-state index >= 15 is 0 Å². The lowest BCUT2D eigenvalue weighted by molar-refractivity contribution is -0.138. The van der Waals surface area contributed by atoms with Crippen LogP contribution in [0.4, 0.5) is 0 Å². The molecule has 0 aromatic heterocycles. The van der Waals surface area contributed by atoms with E-state index in [4.69, 9.17) is 27.9 Å². The molecule has 2 rings (SSSR count). The molecular weight excluding hydrogens is 337 g/mol. The van der Waals surface area contributed by atoms with E-state index in [0.29, 0.717) is 10.6 Å². The molecule has 0 fully saturated rings. The van der Waals surface area contributed by atoms with Crippen LogP contribution in [0.1, 0.15) is 22.0 Å². The molecule has 120 valence electrons. The number of likely N-dealkylation sites (N-methyl/N-ethyl adjacent to an activating group) is 1. The Kier molecular flexibility index (Phi) is 5.64. The summed E-state index contributed by atoms with van der Waals surface area (Å²) in [6.07, 6.45) is -1.02. The molecule has 0 aliphatic carbocycles. The second-order valence-electron chi connectivity index (χ2n) is 5.06. The summed E-state index contributed by atoms with van der Waals surface area (Å²) in [5.41, 5.74) is 0.825. The number of benzene rings is 2. The lowest BCUT2D eigenvalue weighted by atomic mass is 10.1. The van der Waals surface area contributed by atoms with E-state index in [1.165, 1.54) is 23.1 Å². The maximum Gasteiger partial charge on any atom is 0.339 e. The number of halogens is 2. The first-order valence-corrected chi connectivity index (χ1v) is 7.58. The quantitative estimate of drug-likeness (QED) is 0.782. The third kappa shape index (κ3) is 4.24. The first-order chi connectivity index (χ1) is 10.9. The molecule has 0 aliphatic heterocycles. The van der Waals surface area contributed by atoms with Gasteiger partial charge in [0, 0.05) is 19.7 Å². The first kappa shape index (κ1) is 17.3. The van der Waals surface area contributed by atoms with Gasteiger partial charge in [0.2, 0.25) is 6.10 Å². The summed E-state index contributed by atoms with van der Waals surface area (Å²) in [4.78, 5) is 26.0. The summed E-state index contributed by atoms with van der Waals surface area (Å²) in [6, 6.07) is 13.2. The SMILES string of the molecule is CN(C)C(=O)[C@H](OC(=O)c1ccc(Cl)c(Cl)c1)c1ccccc1. The van der Waals surface area contributed by atoms with Gasteiger partial charge in [0.25, 0.3) is 5.91 Å². The largest absolute Gasteiger partial charge is 0.444 e. The number of rotatable bonds is 4. The molecule has 1 atom stereocenters. The van der Waals surface area contributed by atoms with Crippen molar-refractivity contribution >= 4 is 35.1 Å². The zero-order valence-electron chi connectivity index (χ0n) is 12.6. The monoisotopic (exact) mass is 351 g/mol. The number of ether oxygens (including phenoxy) is 1. The van der Waals surface area contributed by atoms with Crippen LogP contribution in [0, 0.1) is 0 Å². The van der Waals surface area contributed by atoms with E-state index in [2.05, 4.69) is 0 Å². The molecule has 0 aliphatic rings. The zero-order chi connectivity index (χ0) is 17.0. The van der Waals surface area contributed by atoms with Crippen molar-refractivity contribution < 1.29 is 14.3 Å². The average Bonchev–Trinajstić information content (AvgIpc) is 2.55. The minimum absolute atomic E-state index is 0.229. The van der Waals surface area contributed by atoms with Gasteiger partial charge in [0.15, 0.2) is 0 Å². The van der Waals surface area contributed by atoms with Crippen LogP contribution in [-0.4, -0.2) is 30.9 Å². The fraction of sp³-hybridized carbons (Fsp3) is 0.176. The van der Waals surface area contributed by atoms with Crippen molar-refractivity contribution in [2.45, 2.75) is 6.10 Å². The van der Waals surface area contributed by atoms with Crippen LogP contribution in [0.25, 0.3) is 0 Å². The Hall–Kier alpha value is -2.04. The van der Waals surface area contributed by atoms with Crippen molar-refractivity contribution in [3.05, 3.63) is 69.7 Å². The number of amides is 1. The van der Waals surface area contributed by atoms with Crippen LogP contribution in [0.2, 0.25) is 10.0 Å². The Morgan fingerprint density at radius 1 is 1.00 bits per heavy atom. The fourth-order valence-electron chi connectivity index (χ4n) is 1.92. The summed E-state index contributed by atoms with van der Waals surface area (Å²) < 4.78 is 5.41. The summed E-state index contributed by atoms with van der Waals surface area (Å²) in [5, 5.41) is 0.587. The van der Waals surface area contributed by atoms with Crippen molar-refractivity contribution in [1.82, 2.24) is 4.90 Å². The highest BCUT2D eigenvalue weighted by atomic mass is 35.5.